The number of hydrogen-bond donors (Lipinski definition) is 0. The van der Waals surface area contributed by atoms with Gasteiger partial charge in [0.1, 0.15) is 13.2 Å². The summed E-state index contributed by atoms with van der Waals surface area (Å²) < 4.78 is 16.9. The van der Waals surface area contributed by atoms with Gasteiger partial charge in [0.25, 0.3) is 0 Å². The second-order valence-corrected chi connectivity index (χ2v) is 21.3. The van der Waals surface area contributed by atoms with Gasteiger partial charge >= 0.3 is 17.9 Å². The van der Waals surface area contributed by atoms with Crippen LogP contribution in [0.15, 0.2) is 60.8 Å². The van der Waals surface area contributed by atoms with E-state index in [9.17, 15) is 14.4 Å². The molecule has 0 heterocycles. The topological polar surface area (TPSA) is 78.9 Å². The molecule has 0 fully saturated rings. The van der Waals surface area contributed by atoms with Crippen LogP contribution in [0.3, 0.4) is 0 Å². The summed E-state index contributed by atoms with van der Waals surface area (Å²) in [4.78, 5) is 38.3. The molecule has 6 nitrogen and oxygen atoms in total. The molecule has 0 aromatic carbocycles. The third kappa shape index (κ3) is 59.9. The molecule has 0 aliphatic heterocycles. The van der Waals surface area contributed by atoms with Gasteiger partial charge in [0.15, 0.2) is 6.10 Å². The van der Waals surface area contributed by atoms with Gasteiger partial charge in [0, 0.05) is 19.3 Å². The summed E-state index contributed by atoms with van der Waals surface area (Å²) >= 11 is 0. The Bertz CT molecular complexity index is 1310. The molecule has 0 spiro atoms. The lowest BCUT2D eigenvalue weighted by molar-refractivity contribution is -0.167. The van der Waals surface area contributed by atoms with Crippen molar-refractivity contribution in [1.29, 1.82) is 0 Å². The summed E-state index contributed by atoms with van der Waals surface area (Å²) in [5.41, 5.74) is 0. The highest BCUT2D eigenvalue weighted by Gasteiger charge is 2.19. The number of allylic oxidation sites excluding steroid dienone is 10. The average molecular weight is 1020 g/mol. The molecular weight excluding hydrogens is 901 g/mol. The van der Waals surface area contributed by atoms with Crippen LogP contribution in [-0.4, -0.2) is 37.2 Å². The van der Waals surface area contributed by atoms with E-state index < -0.39 is 6.10 Å². The number of rotatable bonds is 58. The number of ether oxygens (including phenoxy) is 3. The minimum absolute atomic E-state index is 0.0790. The smallest absolute Gasteiger partial charge is 0.306 e. The lowest BCUT2D eigenvalue weighted by Crippen LogP contribution is -2.30. The highest BCUT2D eigenvalue weighted by atomic mass is 16.6. The Balaban J connectivity index is 4.30. The van der Waals surface area contributed by atoms with Crippen LogP contribution in [0.4, 0.5) is 0 Å². The molecular formula is C67H120O6. The first kappa shape index (κ1) is 70.1. The van der Waals surface area contributed by atoms with Crippen LogP contribution < -0.4 is 0 Å². The van der Waals surface area contributed by atoms with Crippen LogP contribution in [0.2, 0.25) is 0 Å². The van der Waals surface area contributed by atoms with Crippen molar-refractivity contribution in [1.82, 2.24) is 0 Å². The van der Waals surface area contributed by atoms with Crippen molar-refractivity contribution >= 4 is 17.9 Å². The number of unbranched alkanes of at least 4 members (excludes halogenated alkanes) is 37. The van der Waals surface area contributed by atoms with Crippen molar-refractivity contribution in [3.05, 3.63) is 60.8 Å². The summed E-state index contributed by atoms with van der Waals surface area (Å²) in [6.45, 7) is 6.63. The minimum atomic E-state index is -0.782. The fraction of sp³-hybridized carbons (Fsp3) is 0.806. The van der Waals surface area contributed by atoms with E-state index >= 15 is 0 Å². The predicted octanol–water partition coefficient (Wildman–Crippen LogP) is 21.6. The van der Waals surface area contributed by atoms with Crippen LogP contribution in [0.25, 0.3) is 0 Å². The first-order valence-corrected chi connectivity index (χ1v) is 31.8. The molecule has 0 aliphatic rings. The average Bonchev–Trinajstić information content (AvgIpc) is 3.39. The molecule has 0 rings (SSSR count). The van der Waals surface area contributed by atoms with E-state index in [1.807, 2.05) is 0 Å². The number of carbonyl (C=O) groups excluding carboxylic acids is 3. The summed E-state index contributed by atoms with van der Waals surface area (Å²) in [5, 5.41) is 0. The zero-order chi connectivity index (χ0) is 52.9. The van der Waals surface area contributed by atoms with Gasteiger partial charge in [-0.05, 0) is 109 Å². The van der Waals surface area contributed by atoms with Crippen molar-refractivity contribution in [2.75, 3.05) is 13.2 Å². The normalized spacial score (nSPS) is 12.4. The van der Waals surface area contributed by atoms with Gasteiger partial charge < -0.3 is 14.2 Å². The molecule has 0 N–H and O–H groups in total. The highest BCUT2D eigenvalue weighted by Crippen LogP contribution is 2.16. The number of esters is 3. The van der Waals surface area contributed by atoms with Gasteiger partial charge in [-0.2, -0.15) is 0 Å². The van der Waals surface area contributed by atoms with Gasteiger partial charge in [-0.1, -0.05) is 261 Å². The van der Waals surface area contributed by atoms with Gasteiger partial charge in [-0.3, -0.25) is 14.4 Å². The molecule has 424 valence electrons. The lowest BCUT2D eigenvalue weighted by Gasteiger charge is -2.18. The quantitative estimate of drug-likeness (QED) is 0.0261. The van der Waals surface area contributed by atoms with Crippen molar-refractivity contribution in [2.45, 2.75) is 335 Å². The Labute approximate surface area is 453 Å². The van der Waals surface area contributed by atoms with Crippen LogP contribution in [0.1, 0.15) is 329 Å². The second-order valence-electron chi connectivity index (χ2n) is 21.3. The molecule has 0 amide bonds. The van der Waals surface area contributed by atoms with E-state index in [0.29, 0.717) is 19.3 Å². The van der Waals surface area contributed by atoms with E-state index in [1.165, 1.54) is 212 Å². The summed E-state index contributed by atoms with van der Waals surface area (Å²) in [6.07, 6.45) is 77.9. The first-order valence-electron chi connectivity index (χ1n) is 31.8. The second kappa shape index (κ2) is 61.7. The molecule has 0 bridgehead atoms. The number of carbonyl (C=O) groups is 3. The molecule has 0 saturated carbocycles. The van der Waals surface area contributed by atoms with E-state index in [1.54, 1.807) is 0 Å². The summed E-state index contributed by atoms with van der Waals surface area (Å²) in [6, 6.07) is 0. The summed E-state index contributed by atoms with van der Waals surface area (Å²) in [5.74, 6) is -0.881. The van der Waals surface area contributed by atoms with Crippen LogP contribution >= 0.6 is 0 Å². The Morgan fingerprint density at radius 2 is 0.493 bits per heavy atom. The molecule has 0 saturated heterocycles. The maximum atomic E-state index is 12.9. The van der Waals surface area contributed by atoms with Gasteiger partial charge in [0.2, 0.25) is 0 Å². The molecule has 0 aromatic rings. The predicted molar refractivity (Wildman–Crippen MR) is 316 cm³/mol. The standard InChI is InChI=1S/C67H120O6/c1-4-7-10-13-16-19-22-25-27-29-30-31-32-33-34-35-36-38-39-42-45-48-51-54-57-60-66(69)72-63-64(62-71-65(68)59-56-53-50-47-44-41-24-21-18-15-12-9-6-3)73-67(70)61-58-55-52-49-46-43-40-37-28-26-23-20-17-14-11-8-5-2/h21-22,24-26,28-30,32-33,64H,4-20,23,27,31,34-63H2,1-3H3/b24-21-,25-22-,28-26-,30-29-,33-32-. The summed E-state index contributed by atoms with van der Waals surface area (Å²) in [7, 11) is 0. The fourth-order valence-corrected chi connectivity index (χ4v) is 9.15. The maximum Gasteiger partial charge on any atom is 0.306 e. The van der Waals surface area contributed by atoms with Gasteiger partial charge in [0.05, 0.1) is 0 Å². The SMILES string of the molecule is CCCCCC/C=C\CCCCCCCC(=O)OCC(COC(=O)CCCCCCCCCCCC/C=C\C/C=C\C/C=C\CCCCCCC)OC(=O)CCCCCCCCC/C=C\CCCCCCCC. The van der Waals surface area contributed by atoms with E-state index in [4.69, 9.17) is 14.2 Å². The van der Waals surface area contributed by atoms with Crippen LogP contribution in [0.5, 0.6) is 0 Å². The molecule has 0 aliphatic carbocycles. The largest absolute Gasteiger partial charge is 0.462 e. The van der Waals surface area contributed by atoms with Crippen LogP contribution in [0, 0.1) is 0 Å². The van der Waals surface area contributed by atoms with Crippen molar-refractivity contribution in [3.63, 3.8) is 0 Å². The van der Waals surface area contributed by atoms with E-state index in [0.717, 1.165) is 77.0 Å². The van der Waals surface area contributed by atoms with Crippen molar-refractivity contribution < 1.29 is 28.6 Å². The minimum Gasteiger partial charge on any atom is -0.462 e. The van der Waals surface area contributed by atoms with Gasteiger partial charge in [-0.25, -0.2) is 0 Å². The Morgan fingerprint density at radius 3 is 0.795 bits per heavy atom. The number of hydrogen-bond acceptors (Lipinski definition) is 6. The fourth-order valence-electron chi connectivity index (χ4n) is 9.15. The Hall–Kier alpha value is -2.89. The molecule has 1 atom stereocenters. The van der Waals surface area contributed by atoms with E-state index in [-0.39, 0.29) is 31.1 Å². The maximum absolute atomic E-state index is 12.9. The monoisotopic (exact) mass is 1020 g/mol. The Morgan fingerprint density at radius 1 is 0.274 bits per heavy atom. The van der Waals surface area contributed by atoms with Crippen molar-refractivity contribution in [3.8, 4) is 0 Å². The zero-order valence-corrected chi connectivity index (χ0v) is 48.7. The molecule has 0 aromatic heterocycles. The lowest BCUT2D eigenvalue weighted by atomic mass is 10.1. The first-order chi connectivity index (χ1) is 36.0. The highest BCUT2D eigenvalue weighted by molar-refractivity contribution is 5.71. The molecule has 73 heavy (non-hydrogen) atoms. The van der Waals surface area contributed by atoms with E-state index in [2.05, 4.69) is 81.5 Å². The zero-order valence-electron chi connectivity index (χ0n) is 48.7. The molecule has 1 unspecified atom stereocenters. The molecule has 6 heteroatoms. The third-order valence-electron chi connectivity index (χ3n) is 14.0. The molecule has 0 radical (unpaired) electrons. The third-order valence-corrected chi connectivity index (χ3v) is 14.0. The van der Waals surface area contributed by atoms with Crippen molar-refractivity contribution in [2.24, 2.45) is 0 Å². The Kier molecular flexibility index (Phi) is 59.2. The van der Waals surface area contributed by atoms with Gasteiger partial charge in [-0.15, -0.1) is 0 Å². The van der Waals surface area contributed by atoms with Crippen LogP contribution in [-0.2, 0) is 28.6 Å².